The van der Waals surface area contributed by atoms with Gasteiger partial charge in [-0.25, -0.2) is 8.42 Å². The molecule has 1 atom stereocenters. The molecule has 8 heteroatoms. The van der Waals surface area contributed by atoms with Crippen LogP contribution in [0, 0.1) is 12.8 Å². The number of rotatable bonds is 6. The molecule has 0 radical (unpaired) electrons. The largest absolute Gasteiger partial charge is 0.494 e. The minimum atomic E-state index is -3.54. The molecule has 1 aliphatic rings. The molecule has 2 heterocycles. The van der Waals surface area contributed by atoms with Crippen LogP contribution in [0.1, 0.15) is 24.6 Å². The molecule has 1 aliphatic heterocycles. The first kappa shape index (κ1) is 19.9. The van der Waals surface area contributed by atoms with Crippen LogP contribution in [0.2, 0.25) is 0 Å². The van der Waals surface area contributed by atoms with E-state index in [9.17, 15) is 13.2 Å². The minimum absolute atomic E-state index is 0.151. The van der Waals surface area contributed by atoms with Gasteiger partial charge in [0.05, 0.1) is 12.5 Å². The van der Waals surface area contributed by atoms with Crippen molar-refractivity contribution >= 4 is 33.0 Å². The molecule has 2 aromatic rings. The zero-order valence-electron chi connectivity index (χ0n) is 15.5. The Morgan fingerprint density at radius 1 is 1.26 bits per heavy atom. The standard InChI is InChI=1S/C19H24N2O4S2/c1-3-25-17-9-7-16(8-10-17)20-19(22)15-5-4-12-21(13-15)27(23,24)18-11-6-14(2)26-18/h6-11,15H,3-5,12-13H2,1-2H3,(H,20,22). The third-order valence-electron chi connectivity index (χ3n) is 4.50. The highest BCUT2D eigenvalue weighted by Gasteiger charge is 2.34. The second-order valence-electron chi connectivity index (χ2n) is 6.51. The third-order valence-corrected chi connectivity index (χ3v) is 7.83. The zero-order chi connectivity index (χ0) is 19.4. The van der Waals surface area contributed by atoms with E-state index in [1.54, 1.807) is 36.4 Å². The fourth-order valence-corrected chi connectivity index (χ4v) is 6.06. The number of anilines is 1. The van der Waals surface area contributed by atoms with E-state index in [0.717, 1.165) is 10.6 Å². The van der Waals surface area contributed by atoms with E-state index in [2.05, 4.69) is 5.32 Å². The van der Waals surface area contributed by atoms with Crippen molar-refractivity contribution in [3.05, 3.63) is 41.3 Å². The van der Waals surface area contributed by atoms with Gasteiger partial charge in [-0.15, -0.1) is 11.3 Å². The lowest BCUT2D eigenvalue weighted by Gasteiger charge is -2.30. The van der Waals surface area contributed by atoms with Crippen LogP contribution in [-0.4, -0.2) is 38.3 Å². The summed E-state index contributed by atoms with van der Waals surface area (Å²) in [4.78, 5) is 13.6. The van der Waals surface area contributed by atoms with E-state index in [1.165, 1.54) is 15.6 Å². The molecule has 1 aromatic carbocycles. The molecule has 1 fully saturated rings. The van der Waals surface area contributed by atoms with Crippen LogP contribution in [0.15, 0.2) is 40.6 Å². The molecular weight excluding hydrogens is 384 g/mol. The number of nitrogens with zero attached hydrogens (tertiary/aromatic N) is 1. The Morgan fingerprint density at radius 2 is 2.00 bits per heavy atom. The molecule has 3 rings (SSSR count). The zero-order valence-corrected chi connectivity index (χ0v) is 17.1. The molecule has 1 saturated heterocycles. The predicted molar refractivity (Wildman–Crippen MR) is 107 cm³/mol. The Morgan fingerprint density at radius 3 is 2.63 bits per heavy atom. The summed E-state index contributed by atoms with van der Waals surface area (Å²) in [5.74, 6) is 0.235. The normalized spacial score (nSPS) is 18.2. The molecular formula is C19H24N2O4S2. The molecule has 0 spiro atoms. The van der Waals surface area contributed by atoms with Gasteiger partial charge in [0.25, 0.3) is 10.0 Å². The first-order valence-corrected chi connectivity index (χ1v) is 11.3. The smallest absolute Gasteiger partial charge is 0.252 e. The van der Waals surface area contributed by atoms with Crippen molar-refractivity contribution in [2.24, 2.45) is 5.92 Å². The molecule has 0 bridgehead atoms. The highest BCUT2D eigenvalue weighted by Crippen LogP contribution is 2.28. The predicted octanol–water partition coefficient (Wildman–Crippen LogP) is 3.49. The SMILES string of the molecule is CCOc1ccc(NC(=O)C2CCCN(S(=O)(=O)c3ccc(C)s3)C2)cc1. The number of aryl methyl sites for hydroxylation is 1. The summed E-state index contributed by atoms with van der Waals surface area (Å²) in [6.07, 6.45) is 1.35. The Balaban J connectivity index is 1.65. The van der Waals surface area contributed by atoms with Gasteiger partial charge in [-0.05, 0) is 63.1 Å². The maximum absolute atomic E-state index is 12.8. The lowest BCUT2D eigenvalue weighted by atomic mass is 9.99. The van der Waals surface area contributed by atoms with Crippen LogP contribution in [0.25, 0.3) is 0 Å². The molecule has 27 heavy (non-hydrogen) atoms. The number of hydrogen-bond acceptors (Lipinski definition) is 5. The van der Waals surface area contributed by atoms with Crippen LogP contribution in [-0.2, 0) is 14.8 Å². The molecule has 1 amide bonds. The van der Waals surface area contributed by atoms with Crippen molar-refractivity contribution in [2.75, 3.05) is 25.0 Å². The molecule has 1 N–H and O–H groups in total. The van der Waals surface area contributed by atoms with E-state index in [0.29, 0.717) is 35.9 Å². The van der Waals surface area contributed by atoms with Crippen LogP contribution in [0.4, 0.5) is 5.69 Å². The number of carbonyl (C=O) groups excluding carboxylic acids is 1. The second kappa shape index (κ2) is 8.41. The number of sulfonamides is 1. The van der Waals surface area contributed by atoms with Crippen LogP contribution in [0.5, 0.6) is 5.75 Å². The van der Waals surface area contributed by atoms with Gasteiger partial charge in [0.1, 0.15) is 9.96 Å². The Hall–Kier alpha value is -1.90. The molecule has 1 unspecified atom stereocenters. The van der Waals surface area contributed by atoms with Gasteiger partial charge >= 0.3 is 0 Å². The molecule has 146 valence electrons. The minimum Gasteiger partial charge on any atom is -0.494 e. The van der Waals surface area contributed by atoms with Crippen LogP contribution >= 0.6 is 11.3 Å². The molecule has 0 saturated carbocycles. The summed E-state index contributed by atoms with van der Waals surface area (Å²) in [6, 6.07) is 10.6. The van der Waals surface area contributed by atoms with E-state index >= 15 is 0 Å². The summed E-state index contributed by atoms with van der Waals surface area (Å²) in [6.45, 7) is 5.04. The van der Waals surface area contributed by atoms with Gasteiger partial charge < -0.3 is 10.1 Å². The summed E-state index contributed by atoms with van der Waals surface area (Å²) in [7, 11) is -3.54. The van der Waals surface area contributed by atoms with E-state index in [-0.39, 0.29) is 18.4 Å². The van der Waals surface area contributed by atoms with E-state index in [1.807, 2.05) is 13.8 Å². The Kier molecular flexibility index (Phi) is 6.18. The summed E-state index contributed by atoms with van der Waals surface area (Å²) < 4.78 is 32.8. The van der Waals surface area contributed by atoms with Crippen molar-refractivity contribution in [1.82, 2.24) is 4.31 Å². The van der Waals surface area contributed by atoms with Crippen molar-refractivity contribution in [2.45, 2.75) is 30.9 Å². The van der Waals surface area contributed by atoms with Crippen LogP contribution in [0.3, 0.4) is 0 Å². The lowest BCUT2D eigenvalue weighted by Crippen LogP contribution is -2.43. The Labute approximate surface area is 164 Å². The van der Waals surface area contributed by atoms with E-state index < -0.39 is 10.0 Å². The fourth-order valence-electron chi connectivity index (χ4n) is 3.10. The van der Waals surface area contributed by atoms with Gasteiger partial charge in [-0.2, -0.15) is 4.31 Å². The number of hydrogen-bond donors (Lipinski definition) is 1. The van der Waals surface area contributed by atoms with Crippen molar-refractivity contribution in [3.8, 4) is 5.75 Å². The number of amides is 1. The second-order valence-corrected chi connectivity index (χ2v) is 9.97. The maximum atomic E-state index is 12.8. The third kappa shape index (κ3) is 4.69. The van der Waals surface area contributed by atoms with Crippen molar-refractivity contribution in [3.63, 3.8) is 0 Å². The fraction of sp³-hybridized carbons (Fsp3) is 0.421. The van der Waals surface area contributed by atoms with Gasteiger partial charge in [0.15, 0.2) is 0 Å². The van der Waals surface area contributed by atoms with Crippen LogP contribution < -0.4 is 10.1 Å². The topological polar surface area (TPSA) is 75.7 Å². The summed E-state index contributed by atoms with van der Waals surface area (Å²) >= 11 is 1.26. The number of piperidine rings is 1. The van der Waals surface area contributed by atoms with E-state index in [4.69, 9.17) is 4.74 Å². The lowest BCUT2D eigenvalue weighted by molar-refractivity contribution is -0.120. The average molecular weight is 409 g/mol. The maximum Gasteiger partial charge on any atom is 0.252 e. The Bertz CT molecular complexity index is 891. The van der Waals surface area contributed by atoms with Gasteiger partial charge in [0, 0.05) is 23.7 Å². The van der Waals surface area contributed by atoms with Crippen molar-refractivity contribution in [1.29, 1.82) is 0 Å². The number of benzene rings is 1. The van der Waals surface area contributed by atoms with Gasteiger partial charge in [-0.3, -0.25) is 4.79 Å². The summed E-state index contributed by atoms with van der Waals surface area (Å²) in [5, 5.41) is 2.88. The van der Waals surface area contributed by atoms with Gasteiger partial charge in [-0.1, -0.05) is 0 Å². The first-order valence-electron chi connectivity index (χ1n) is 9.00. The average Bonchev–Trinajstić information content (AvgIpc) is 3.11. The molecule has 1 aromatic heterocycles. The van der Waals surface area contributed by atoms with Gasteiger partial charge in [0.2, 0.25) is 5.91 Å². The number of ether oxygens (including phenoxy) is 1. The highest BCUT2D eigenvalue weighted by atomic mass is 32.2. The summed E-state index contributed by atoms with van der Waals surface area (Å²) in [5.41, 5.74) is 0.678. The number of thiophene rings is 1. The highest BCUT2D eigenvalue weighted by molar-refractivity contribution is 7.91. The monoisotopic (exact) mass is 408 g/mol. The first-order chi connectivity index (χ1) is 12.9. The van der Waals surface area contributed by atoms with Crippen molar-refractivity contribution < 1.29 is 17.9 Å². The molecule has 6 nitrogen and oxygen atoms in total. The number of nitrogens with one attached hydrogen (secondary N) is 1. The quantitative estimate of drug-likeness (QED) is 0.794. The molecule has 0 aliphatic carbocycles. The number of carbonyl (C=O) groups is 1.